The van der Waals surface area contributed by atoms with Gasteiger partial charge in [-0.15, -0.1) is 11.3 Å². The van der Waals surface area contributed by atoms with E-state index in [-0.39, 0.29) is 0 Å². The number of hydrogen-bond donors (Lipinski definition) is 0. The maximum atomic E-state index is 5.76. The SMILES string of the molecule is COc1cccc(-c2nc(COc3ccc(C)cc3)cs2)c1. The van der Waals surface area contributed by atoms with E-state index in [4.69, 9.17) is 9.47 Å². The van der Waals surface area contributed by atoms with Crippen molar-refractivity contribution in [2.75, 3.05) is 7.11 Å². The average Bonchev–Trinajstić information content (AvgIpc) is 3.03. The second kappa shape index (κ2) is 6.62. The Morgan fingerprint density at radius 1 is 1.05 bits per heavy atom. The highest BCUT2D eigenvalue weighted by atomic mass is 32.1. The lowest BCUT2D eigenvalue weighted by Crippen LogP contribution is -1.95. The van der Waals surface area contributed by atoms with Crippen molar-refractivity contribution in [3.63, 3.8) is 0 Å². The van der Waals surface area contributed by atoms with Crippen LogP contribution in [0.15, 0.2) is 53.9 Å². The normalized spacial score (nSPS) is 10.5. The zero-order valence-electron chi connectivity index (χ0n) is 12.6. The van der Waals surface area contributed by atoms with Crippen LogP contribution in [0, 0.1) is 6.92 Å². The summed E-state index contributed by atoms with van der Waals surface area (Å²) < 4.78 is 11.0. The molecule has 0 aliphatic carbocycles. The van der Waals surface area contributed by atoms with E-state index in [1.807, 2.05) is 53.9 Å². The van der Waals surface area contributed by atoms with Gasteiger partial charge in [-0.05, 0) is 31.2 Å². The molecule has 0 unspecified atom stereocenters. The fourth-order valence-corrected chi connectivity index (χ4v) is 2.86. The van der Waals surface area contributed by atoms with Gasteiger partial charge in [-0.1, -0.05) is 29.8 Å². The number of aromatic nitrogens is 1. The van der Waals surface area contributed by atoms with E-state index >= 15 is 0 Å². The molecule has 0 atom stereocenters. The van der Waals surface area contributed by atoms with E-state index in [0.29, 0.717) is 6.61 Å². The first-order valence-electron chi connectivity index (χ1n) is 7.03. The van der Waals surface area contributed by atoms with Gasteiger partial charge in [0.1, 0.15) is 23.1 Å². The number of benzene rings is 2. The Morgan fingerprint density at radius 3 is 2.64 bits per heavy atom. The molecule has 0 bridgehead atoms. The largest absolute Gasteiger partial charge is 0.497 e. The zero-order chi connectivity index (χ0) is 15.4. The molecule has 2 aromatic carbocycles. The summed E-state index contributed by atoms with van der Waals surface area (Å²) >= 11 is 1.61. The first kappa shape index (κ1) is 14.6. The molecular weight excluding hydrogens is 294 g/mol. The molecule has 3 aromatic rings. The Labute approximate surface area is 134 Å². The van der Waals surface area contributed by atoms with E-state index < -0.39 is 0 Å². The molecule has 0 N–H and O–H groups in total. The number of methoxy groups -OCH3 is 1. The summed E-state index contributed by atoms with van der Waals surface area (Å²) in [5, 5.41) is 3.00. The molecule has 112 valence electrons. The van der Waals surface area contributed by atoms with Gasteiger partial charge in [0, 0.05) is 10.9 Å². The molecule has 3 nitrogen and oxygen atoms in total. The van der Waals surface area contributed by atoms with E-state index in [9.17, 15) is 0 Å². The standard InChI is InChI=1S/C18H17NO2S/c1-13-6-8-16(9-7-13)21-11-15-12-22-18(19-15)14-4-3-5-17(10-14)20-2/h3-10,12H,11H2,1-2H3. The third-order valence-electron chi connectivity index (χ3n) is 3.28. The fourth-order valence-electron chi connectivity index (χ4n) is 2.05. The van der Waals surface area contributed by atoms with Crippen LogP contribution in [0.2, 0.25) is 0 Å². The van der Waals surface area contributed by atoms with Crippen LogP contribution in [0.25, 0.3) is 10.6 Å². The minimum atomic E-state index is 0.476. The Bertz CT molecular complexity index is 750. The van der Waals surface area contributed by atoms with E-state index in [2.05, 4.69) is 11.9 Å². The van der Waals surface area contributed by atoms with Crippen molar-refractivity contribution in [1.82, 2.24) is 4.98 Å². The zero-order valence-corrected chi connectivity index (χ0v) is 13.4. The third kappa shape index (κ3) is 3.46. The first-order valence-corrected chi connectivity index (χ1v) is 7.91. The number of aryl methyl sites for hydroxylation is 1. The van der Waals surface area contributed by atoms with E-state index in [1.165, 1.54) is 5.56 Å². The van der Waals surface area contributed by atoms with Crippen LogP contribution in [0.5, 0.6) is 11.5 Å². The number of hydrogen-bond acceptors (Lipinski definition) is 4. The lowest BCUT2D eigenvalue weighted by molar-refractivity contribution is 0.302. The lowest BCUT2D eigenvalue weighted by atomic mass is 10.2. The molecule has 0 spiro atoms. The third-order valence-corrected chi connectivity index (χ3v) is 4.22. The van der Waals surface area contributed by atoms with Gasteiger partial charge >= 0.3 is 0 Å². The fraction of sp³-hybridized carbons (Fsp3) is 0.167. The van der Waals surface area contributed by atoms with E-state index in [1.54, 1.807) is 18.4 Å². The summed E-state index contributed by atoms with van der Waals surface area (Å²) in [6.45, 7) is 2.54. The van der Waals surface area contributed by atoms with Gasteiger partial charge < -0.3 is 9.47 Å². The second-order valence-electron chi connectivity index (χ2n) is 4.98. The molecule has 1 heterocycles. The molecule has 0 radical (unpaired) electrons. The quantitative estimate of drug-likeness (QED) is 0.684. The van der Waals surface area contributed by atoms with Gasteiger partial charge in [0.25, 0.3) is 0 Å². The lowest BCUT2D eigenvalue weighted by Gasteiger charge is -2.04. The van der Waals surface area contributed by atoms with Crippen LogP contribution >= 0.6 is 11.3 Å². The minimum absolute atomic E-state index is 0.476. The van der Waals surface area contributed by atoms with Crippen LogP contribution in [0.1, 0.15) is 11.3 Å². The number of rotatable bonds is 5. The highest BCUT2D eigenvalue weighted by Gasteiger charge is 2.06. The topological polar surface area (TPSA) is 31.4 Å². The number of ether oxygens (including phenoxy) is 2. The highest BCUT2D eigenvalue weighted by molar-refractivity contribution is 7.13. The predicted octanol–water partition coefficient (Wildman–Crippen LogP) is 4.71. The molecule has 0 saturated carbocycles. The summed E-state index contributed by atoms with van der Waals surface area (Å²) in [4.78, 5) is 4.63. The minimum Gasteiger partial charge on any atom is -0.497 e. The number of thiazole rings is 1. The van der Waals surface area contributed by atoms with Crippen molar-refractivity contribution in [1.29, 1.82) is 0 Å². The summed E-state index contributed by atoms with van der Waals surface area (Å²) in [7, 11) is 1.67. The van der Waals surface area contributed by atoms with Crippen molar-refractivity contribution in [2.45, 2.75) is 13.5 Å². The highest BCUT2D eigenvalue weighted by Crippen LogP contribution is 2.27. The Balaban J connectivity index is 1.69. The molecular formula is C18H17NO2S. The second-order valence-corrected chi connectivity index (χ2v) is 5.84. The van der Waals surface area contributed by atoms with Crippen LogP contribution < -0.4 is 9.47 Å². The maximum absolute atomic E-state index is 5.76. The van der Waals surface area contributed by atoms with Crippen molar-refractivity contribution >= 4 is 11.3 Å². The van der Waals surface area contributed by atoms with Crippen molar-refractivity contribution in [2.24, 2.45) is 0 Å². The van der Waals surface area contributed by atoms with Gasteiger partial charge in [-0.25, -0.2) is 4.98 Å². The first-order chi connectivity index (χ1) is 10.7. The van der Waals surface area contributed by atoms with Crippen molar-refractivity contribution in [3.8, 4) is 22.1 Å². The Kier molecular flexibility index (Phi) is 4.39. The molecule has 3 rings (SSSR count). The predicted molar refractivity (Wildman–Crippen MR) is 89.6 cm³/mol. The van der Waals surface area contributed by atoms with Gasteiger partial charge in [0.15, 0.2) is 0 Å². The molecule has 0 aliphatic rings. The molecule has 0 fully saturated rings. The summed E-state index contributed by atoms with van der Waals surface area (Å²) in [6.07, 6.45) is 0. The Morgan fingerprint density at radius 2 is 1.86 bits per heavy atom. The molecule has 4 heteroatoms. The monoisotopic (exact) mass is 311 g/mol. The average molecular weight is 311 g/mol. The van der Waals surface area contributed by atoms with Gasteiger partial charge in [0.2, 0.25) is 0 Å². The van der Waals surface area contributed by atoms with Gasteiger partial charge in [-0.3, -0.25) is 0 Å². The molecule has 0 saturated heterocycles. The van der Waals surface area contributed by atoms with E-state index in [0.717, 1.165) is 27.8 Å². The van der Waals surface area contributed by atoms with Crippen LogP contribution in [-0.4, -0.2) is 12.1 Å². The maximum Gasteiger partial charge on any atom is 0.131 e. The van der Waals surface area contributed by atoms with Crippen molar-refractivity contribution < 1.29 is 9.47 Å². The smallest absolute Gasteiger partial charge is 0.131 e. The van der Waals surface area contributed by atoms with Crippen LogP contribution in [0.3, 0.4) is 0 Å². The van der Waals surface area contributed by atoms with Crippen LogP contribution in [0.4, 0.5) is 0 Å². The molecule has 22 heavy (non-hydrogen) atoms. The Hall–Kier alpha value is -2.33. The molecule has 0 amide bonds. The summed E-state index contributed by atoms with van der Waals surface area (Å²) in [5.74, 6) is 1.70. The molecule has 0 aliphatic heterocycles. The summed E-state index contributed by atoms with van der Waals surface area (Å²) in [5.41, 5.74) is 3.22. The molecule has 1 aromatic heterocycles. The summed E-state index contributed by atoms with van der Waals surface area (Å²) in [6, 6.07) is 16.0. The van der Waals surface area contributed by atoms with Crippen molar-refractivity contribution in [3.05, 3.63) is 65.2 Å². The van der Waals surface area contributed by atoms with Crippen LogP contribution in [-0.2, 0) is 6.61 Å². The van der Waals surface area contributed by atoms with Gasteiger partial charge in [-0.2, -0.15) is 0 Å². The van der Waals surface area contributed by atoms with Gasteiger partial charge in [0.05, 0.1) is 12.8 Å². The number of nitrogens with zero attached hydrogens (tertiary/aromatic N) is 1.